The van der Waals surface area contributed by atoms with Gasteiger partial charge >= 0.3 is 0 Å². The van der Waals surface area contributed by atoms with Crippen LogP contribution in [0.2, 0.25) is 10.0 Å². The van der Waals surface area contributed by atoms with E-state index in [-0.39, 0.29) is 16.0 Å². The molecule has 0 radical (unpaired) electrons. The fourth-order valence-electron chi connectivity index (χ4n) is 1.79. The first kappa shape index (κ1) is 16.8. The van der Waals surface area contributed by atoms with Gasteiger partial charge in [0.25, 0.3) is 0 Å². The Morgan fingerprint density at radius 3 is 2.43 bits per heavy atom. The van der Waals surface area contributed by atoms with E-state index in [9.17, 15) is 8.42 Å². The van der Waals surface area contributed by atoms with Gasteiger partial charge in [0.05, 0.1) is 14.9 Å². The zero-order valence-electron chi connectivity index (χ0n) is 11.0. The van der Waals surface area contributed by atoms with Gasteiger partial charge in [0.15, 0.2) is 0 Å². The molecule has 0 amide bonds. The third-order valence-corrected chi connectivity index (χ3v) is 5.65. The lowest BCUT2D eigenvalue weighted by atomic mass is 10.1. The van der Waals surface area contributed by atoms with E-state index in [1.165, 1.54) is 18.2 Å². The Morgan fingerprint density at radius 2 is 1.81 bits per heavy atom. The lowest BCUT2D eigenvalue weighted by Crippen LogP contribution is -2.26. The van der Waals surface area contributed by atoms with Gasteiger partial charge in [-0.3, -0.25) is 0 Å². The van der Waals surface area contributed by atoms with Crippen molar-refractivity contribution in [1.29, 1.82) is 0 Å². The first-order valence-electron chi connectivity index (χ1n) is 6.02. The van der Waals surface area contributed by atoms with E-state index in [2.05, 4.69) is 20.7 Å². The molecule has 0 aliphatic heterocycles. The number of benzene rings is 2. The molecule has 0 bridgehead atoms. The van der Waals surface area contributed by atoms with Crippen molar-refractivity contribution < 1.29 is 8.42 Å². The molecule has 3 nitrogen and oxygen atoms in total. The van der Waals surface area contributed by atoms with E-state index < -0.39 is 10.0 Å². The van der Waals surface area contributed by atoms with Crippen LogP contribution in [0.15, 0.2) is 51.8 Å². The van der Waals surface area contributed by atoms with Crippen LogP contribution in [0.3, 0.4) is 0 Å². The Kier molecular flexibility index (Phi) is 5.33. The van der Waals surface area contributed by atoms with Crippen LogP contribution in [-0.4, -0.2) is 8.42 Å². The van der Waals surface area contributed by atoms with Gasteiger partial charge in [-0.25, -0.2) is 13.1 Å². The summed E-state index contributed by atoms with van der Waals surface area (Å²) in [6.45, 7) is 1.77. The molecule has 0 heterocycles. The highest BCUT2D eigenvalue weighted by atomic mass is 79.9. The van der Waals surface area contributed by atoms with Crippen molar-refractivity contribution in [2.45, 2.75) is 17.9 Å². The molecule has 2 rings (SSSR count). The number of sulfonamides is 1. The molecule has 0 aliphatic rings. The van der Waals surface area contributed by atoms with Crippen molar-refractivity contribution in [2.75, 3.05) is 0 Å². The molecule has 1 unspecified atom stereocenters. The summed E-state index contributed by atoms with van der Waals surface area (Å²) in [7, 11) is -3.67. The lowest BCUT2D eigenvalue weighted by Gasteiger charge is -2.15. The highest BCUT2D eigenvalue weighted by Gasteiger charge is 2.19. The Hall–Kier alpha value is -0.590. The first-order chi connectivity index (χ1) is 9.79. The van der Waals surface area contributed by atoms with Crippen molar-refractivity contribution in [3.8, 4) is 0 Å². The summed E-state index contributed by atoms with van der Waals surface area (Å²) in [5.74, 6) is 0. The zero-order chi connectivity index (χ0) is 15.6. The summed E-state index contributed by atoms with van der Waals surface area (Å²) in [6.07, 6.45) is 0. The summed E-state index contributed by atoms with van der Waals surface area (Å²) < 4.78 is 28.2. The summed E-state index contributed by atoms with van der Waals surface area (Å²) in [5.41, 5.74) is 0.855. The van der Waals surface area contributed by atoms with Crippen molar-refractivity contribution in [3.05, 3.63) is 62.5 Å². The maximum atomic E-state index is 12.3. The lowest BCUT2D eigenvalue weighted by molar-refractivity contribution is 0.567. The number of hydrogen-bond acceptors (Lipinski definition) is 2. The molecule has 0 saturated carbocycles. The van der Waals surface area contributed by atoms with Gasteiger partial charge in [-0.05, 0) is 42.8 Å². The standard InChI is InChI=1S/C14H12BrCl2NO2S/c1-9(10-3-2-4-11(15)7-10)18-21(19,20)12-5-6-13(16)14(17)8-12/h2-9,18H,1H3. The largest absolute Gasteiger partial charge is 0.241 e. The summed E-state index contributed by atoms with van der Waals surface area (Å²) in [4.78, 5) is 0.0822. The van der Waals surface area contributed by atoms with Crippen LogP contribution in [0.1, 0.15) is 18.5 Å². The molecule has 0 spiro atoms. The van der Waals surface area contributed by atoms with E-state index >= 15 is 0 Å². The van der Waals surface area contributed by atoms with Gasteiger partial charge in [-0.1, -0.05) is 51.3 Å². The smallest absolute Gasteiger partial charge is 0.207 e. The molecule has 0 aliphatic carbocycles. The van der Waals surface area contributed by atoms with Crippen LogP contribution < -0.4 is 4.72 Å². The molecular formula is C14H12BrCl2NO2S. The highest BCUT2D eigenvalue weighted by molar-refractivity contribution is 9.10. The van der Waals surface area contributed by atoms with Crippen LogP contribution in [0.25, 0.3) is 0 Å². The molecule has 7 heteroatoms. The van der Waals surface area contributed by atoms with Gasteiger partial charge in [0, 0.05) is 10.5 Å². The number of rotatable bonds is 4. The molecule has 0 fully saturated rings. The molecular weight excluding hydrogens is 397 g/mol. The number of hydrogen-bond donors (Lipinski definition) is 1. The Bertz CT molecular complexity index is 765. The second-order valence-electron chi connectivity index (χ2n) is 4.47. The molecule has 21 heavy (non-hydrogen) atoms. The molecule has 1 N–H and O–H groups in total. The topological polar surface area (TPSA) is 46.2 Å². The predicted octanol–water partition coefficient (Wildman–Crippen LogP) is 4.80. The van der Waals surface area contributed by atoms with Gasteiger partial charge in [-0.2, -0.15) is 0 Å². The summed E-state index contributed by atoms with van der Waals surface area (Å²) in [5, 5.41) is 0.519. The summed E-state index contributed by atoms with van der Waals surface area (Å²) in [6, 6.07) is 11.3. The van der Waals surface area contributed by atoms with Crippen molar-refractivity contribution in [2.24, 2.45) is 0 Å². The molecule has 1 atom stereocenters. The van der Waals surface area contributed by atoms with E-state index in [0.29, 0.717) is 5.02 Å². The minimum Gasteiger partial charge on any atom is -0.207 e. The summed E-state index contributed by atoms with van der Waals surface area (Å²) >= 11 is 15.0. The zero-order valence-corrected chi connectivity index (χ0v) is 14.9. The van der Waals surface area contributed by atoms with Crippen LogP contribution in [0, 0.1) is 0 Å². The van der Waals surface area contributed by atoms with Crippen LogP contribution in [0.5, 0.6) is 0 Å². The fourth-order valence-corrected chi connectivity index (χ4v) is 3.83. The normalized spacial score (nSPS) is 13.1. The minimum atomic E-state index is -3.67. The fraction of sp³-hybridized carbons (Fsp3) is 0.143. The highest BCUT2D eigenvalue weighted by Crippen LogP contribution is 2.26. The SMILES string of the molecule is CC(NS(=O)(=O)c1ccc(Cl)c(Cl)c1)c1cccc(Br)c1. The predicted molar refractivity (Wildman–Crippen MR) is 89.3 cm³/mol. The van der Waals surface area contributed by atoms with Gasteiger partial charge in [0.2, 0.25) is 10.0 Å². The van der Waals surface area contributed by atoms with Crippen molar-refractivity contribution in [1.82, 2.24) is 4.72 Å². The van der Waals surface area contributed by atoms with E-state index in [0.717, 1.165) is 10.0 Å². The van der Waals surface area contributed by atoms with Crippen LogP contribution in [0.4, 0.5) is 0 Å². The molecule has 0 aromatic heterocycles. The van der Waals surface area contributed by atoms with Crippen LogP contribution >= 0.6 is 39.1 Å². The second kappa shape index (κ2) is 6.67. The van der Waals surface area contributed by atoms with Crippen molar-refractivity contribution in [3.63, 3.8) is 0 Å². The average molecular weight is 409 g/mol. The first-order valence-corrected chi connectivity index (χ1v) is 9.05. The van der Waals surface area contributed by atoms with E-state index in [1.54, 1.807) is 6.92 Å². The van der Waals surface area contributed by atoms with Gasteiger partial charge in [-0.15, -0.1) is 0 Å². The van der Waals surface area contributed by atoms with Crippen molar-refractivity contribution >= 4 is 49.2 Å². The Labute approximate surface area is 142 Å². The maximum Gasteiger partial charge on any atom is 0.241 e. The van der Waals surface area contributed by atoms with Crippen LogP contribution in [-0.2, 0) is 10.0 Å². The average Bonchev–Trinajstić information content (AvgIpc) is 2.41. The maximum absolute atomic E-state index is 12.3. The molecule has 112 valence electrons. The third-order valence-electron chi connectivity index (χ3n) is 2.88. The molecule has 2 aromatic carbocycles. The molecule has 0 saturated heterocycles. The van der Waals surface area contributed by atoms with Gasteiger partial charge < -0.3 is 0 Å². The molecule has 2 aromatic rings. The monoisotopic (exact) mass is 407 g/mol. The third kappa shape index (κ3) is 4.20. The van der Waals surface area contributed by atoms with E-state index in [1.807, 2.05) is 24.3 Å². The minimum absolute atomic E-state index is 0.0822. The Balaban J connectivity index is 2.26. The van der Waals surface area contributed by atoms with Gasteiger partial charge in [0.1, 0.15) is 0 Å². The second-order valence-corrected chi connectivity index (χ2v) is 7.92. The van der Waals surface area contributed by atoms with E-state index in [4.69, 9.17) is 23.2 Å². The number of halogens is 3. The quantitative estimate of drug-likeness (QED) is 0.789. The number of nitrogens with one attached hydrogen (secondary N) is 1. The Morgan fingerprint density at radius 1 is 1.10 bits per heavy atom.